The maximum atomic E-state index is 5.37. The number of hydrogen-bond acceptors (Lipinski definition) is 2. The summed E-state index contributed by atoms with van der Waals surface area (Å²) < 4.78 is 0. The van der Waals surface area contributed by atoms with E-state index in [4.69, 9.17) is 4.99 Å². The van der Waals surface area contributed by atoms with E-state index < -0.39 is 0 Å². The van der Waals surface area contributed by atoms with E-state index in [1.807, 2.05) is 30.5 Å². The van der Waals surface area contributed by atoms with Crippen molar-refractivity contribution < 1.29 is 0 Å². The standard InChI is InChI=1S/C30H30N2/c1-21(2)26-16-11-17-27(22(3)4)30(26)32-29(23-12-6-5-7-13-23)25-15-10-14-24(20-25)28-18-8-9-19-31-28/h5-22H,1-4H3/b32-29+. The van der Waals surface area contributed by atoms with Crippen molar-refractivity contribution in [3.05, 3.63) is 119 Å². The number of aromatic nitrogens is 1. The molecule has 4 rings (SSSR count). The zero-order chi connectivity index (χ0) is 22.5. The van der Waals surface area contributed by atoms with Gasteiger partial charge >= 0.3 is 0 Å². The average molecular weight is 419 g/mol. The number of aliphatic imine (C=N–C) groups is 1. The molecule has 32 heavy (non-hydrogen) atoms. The molecule has 0 aliphatic rings. The Morgan fingerprint density at radius 2 is 1.28 bits per heavy atom. The average Bonchev–Trinajstić information content (AvgIpc) is 2.83. The SMILES string of the molecule is CC(C)c1cccc(C(C)C)c1/N=C(\c1ccccc1)c1cccc(-c2ccccn2)c1. The molecule has 0 amide bonds. The van der Waals surface area contributed by atoms with Crippen LogP contribution in [0.25, 0.3) is 11.3 Å². The predicted molar refractivity (Wildman–Crippen MR) is 136 cm³/mol. The van der Waals surface area contributed by atoms with Crippen LogP contribution in [0.15, 0.2) is 102 Å². The molecule has 0 spiro atoms. The molecular formula is C30H30N2. The van der Waals surface area contributed by atoms with E-state index in [-0.39, 0.29) is 0 Å². The highest BCUT2D eigenvalue weighted by Crippen LogP contribution is 2.36. The van der Waals surface area contributed by atoms with Crippen molar-refractivity contribution in [2.45, 2.75) is 39.5 Å². The molecule has 3 aromatic carbocycles. The van der Waals surface area contributed by atoms with Gasteiger partial charge in [-0.05, 0) is 41.2 Å². The van der Waals surface area contributed by atoms with Gasteiger partial charge in [0.2, 0.25) is 0 Å². The molecule has 4 aromatic rings. The fourth-order valence-electron chi connectivity index (χ4n) is 4.00. The maximum Gasteiger partial charge on any atom is 0.0782 e. The van der Waals surface area contributed by atoms with Crippen LogP contribution in [-0.4, -0.2) is 10.7 Å². The Morgan fingerprint density at radius 1 is 0.656 bits per heavy atom. The number of para-hydroxylation sites is 1. The first-order valence-corrected chi connectivity index (χ1v) is 11.3. The topological polar surface area (TPSA) is 25.2 Å². The zero-order valence-corrected chi connectivity index (χ0v) is 19.3. The van der Waals surface area contributed by atoms with Crippen molar-refractivity contribution in [1.82, 2.24) is 4.98 Å². The first-order valence-electron chi connectivity index (χ1n) is 11.3. The smallest absolute Gasteiger partial charge is 0.0782 e. The van der Waals surface area contributed by atoms with Gasteiger partial charge in [-0.15, -0.1) is 0 Å². The fourth-order valence-corrected chi connectivity index (χ4v) is 4.00. The minimum atomic E-state index is 0.393. The maximum absolute atomic E-state index is 5.37. The van der Waals surface area contributed by atoms with Gasteiger partial charge in [-0.3, -0.25) is 4.98 Å². The lowest BCUT2D eigenvalue weighted by molar-refractivity contribution is 0.834. The molecule has 2 nitrogen and oxygen atoms in total. The van der Waals surface area contributed by atoms with Crippen LogP contribution in [0.5, 0.6) is 0 Å². The van der Waals surface area contributed by atoms with Crippen LogP contribution in [0.3, 0.4) is 0 Å². The lowest BCUT2D eigenvalue weighted by Gasteiger charge is -2.18. The predicted octanol–water partition coefficient (Wildman–Crippen LogP) is 8.16. The minimum Gasteiger partial charge on any atom is -0.256 e. The van der Waals surface area contributed by atoms with Gasteiger partial charge in [0, 0.05) is 22.9 Å². The van der Waals surface area contributed by atoms with Gasteiger partial charge in [0.05, 0.1) is 17.1 Å². The molecule has 0 unspecified atom stereocenters. The summed E-state index contributed by atoms with van der Waals surface area (Å²) in [5.74, 6) is 0.786. The number of benzene rings is 3. The lowest BCUT2D eigenvalue weighted by Crippen LogP contribution is -2.05. The molecule has 0 aliphatic carbocycles. The number of nitrogens with zero attached hydrogens (tertiary/aromatic N) is 2. The van der Waals surface area contributed by atoms with Gasteiger partial charge in [-0.1, -0.05) is 100 Å². The summed E-state index contributed by atoms with van der Waals surface area (Å²) in [6.45, 7) is 8.95. The first-order chi connectivity index (χ1) is 15.5. The Hall–Kier alpha value is -3.52. The molecule has 0 fully saturated rings. The van der Waals surface area contributed by atoms with Crippen molar-refractivity contribution >= 4 is 11.4 Å². The lowest BCUT2D eigenvalue weighted by atomic mass is 9.92. The van der Waals surface area contributed by atoms with Crippen molar-refractivity contribution in [3.8, 4) is 11.3 Å². The molecule has 1 aromatic heterocycles. The molecule has 0 saturated carbocycles. The number of rotatable bonds is 6. The Kier molecular flexibility index (Phi) is 6.61. The summed E-state index contributed by atoms with van der Waals surface area (Å²) in [4.78, 5) is 9.91. The van der Waals surface area contributed by atoms with E-state index >= 15 is 0 Å². The van der Waals surface area contributed by atoms with Gasteiger partial charge in [-0.25, -0.2) is 4.99 Å². The highest BCUT2D eigenvalue weighted by atomic mass is 14.8. The number of pyridine rings is 1. The Labute approximate surface area is 191 Å². The fraction of sp³-hybridized carbons (Fsp3) is 0.200. The third-order valence-corrected chi connectivity index (χ3v) is 5.71. The van der Waals surface area contributed by atoms with E-state index in [2.05, 4.69) is 99.4 Å². The van der Waals surface area contributed by atoms with Gasteiger partial charge in [0.15, 0.2) is 0 Å². The Bertz CT molecular complexity index is 1180. The van der Waals surface area contributed by atoms with Gasteiger partial charge in [-0.2, -0.15) is 0 Å². The molecule has 0 bridgehead atoms. The molecule has 0 N–H and O–H groups in total. The first kappa shape index (κ1) is 21.7. The summed E-state index contributed by atoms with van der Waals surface area (Å²) in [6, 6.07) is 31.6. The second-order valence-corrected chi connectivity index (χ2v) is 8.72. The largest absolute Gasteiger partial charge is 0.256 e. The number of hydrogen-bond donors (Lipinski definition) is 0. The van der Waals surface area contributed by atoms with E-state index in [0.29, 0.717) is 11.8 Å². The monoisotopic (exact) mass is 418 g/mol. The Morgan fingerprint density at radius 3 is 1.91 bits per heavy atom. The molecule has 160 valence electrons. The van der Waals surface area contributed by atoms with Crippen LogP contribution in [0.1, 0.15) is 61.8 Å². The molecule has 2 heteroatoms. The van der Waals surface area contributed by atoms with Crippen LogP contribution in [0.4, 0.5) is 5.69 Å². The van der Waals surface area contributed by atoms with Gasteiger partial charge in [0.1, 0.15) is 0 Å². The van der Waals surface area contributed by atoms with Crippen LogP contribution in [0, 0.1) is 0 Å². The second-order valence-electron chi connectivity index (χ2n) is 8.72. The van der Waals surface area contributed by atoms with Gasteiger partial charge < -0.3 is 0 Å². The second kappa shape index (κ2) is 9.74. The molecule has 0 radical (unpaired) electrons. The van der Waals surface area contributed by atoms with Gasteiger partial charge in [0.25, 0.3) is 0 Å². The normalized spacial score (nSPS) is 11.9. The summed E-state index contributed by atoms with van der Waals surface area (Å²) in [7, 11) is 0. The van der Waals surface area contributed by atoms with E-state index in [0.717, 1.165) is 33.8 Å². The van der Waals surface area contributed by atoms with E-state index in [1.165, 1.54) is 11.1 Å². The summed E-state index contributed by atoms with van der Waals surface area (Å²) in [6.07, 6.45) is 1.84. The van der Waals surface area contributed by atoms with Crippen molar-refractivity contribution in [1.29, 1.82) is 0 Å². The molecule has 0 aliphatic heterocycles. The van der Waals surface area contributed by atoms with E-state index in [9.17, 15) is 0 Å². The summed E-state index contributed by atoms with van der Waals surface area (Å²) in [5, 5.41) is 0. The molecule has 0 atom stereocenters. The summed E-state index contributed by atoms with van der Waals surface area (Å²) in [5.41, 5.74) is 8.90. The van der Waals surface area contributed by atoms with E-state index in [1.54, 1.807) is 0 Å². The summed E-state index contributed by atoms with van der Waals surface area (Å²) >= 11 is 0. The Balaban J connectivity index is 1.95. The quantitative estimate of drug-likeness (QED) is 0.290. The highest BCUT2D eigenvalue weighted by Gasteiger charge is 2.16. The van der Waals surface area contributed by atoms with Crippen LogP contribution < -0.4 is 0 Å². The molecule has 1 heterocycles. The van der Waals surface area contributed by atoms with Crippen LogP contribution in [0.2, 0.25) is 0 Å². The molecular weight excluding hydrogens is 388 g/mol. The zero-order valence-electron chi connectivity index (χ0n) is 19.3. The van der Waals surface area contributed by atoms with Crippen molar-refractivity contribution in [3.63, 3.8) is 0 Å². The third-order valence-electron chi connectivity index (χ3n) is 5.71. The highest BCUT2D eigenvalue weighted by molar-refractivity contribution is 6.14. The molecule has 0 saturated heterocycles. The van der Waals surface area contributed by atoms with Crippen LogP contribution in [-0.2, 0) is 0 Å². The third kappa shape index (κ3) is 4.70. The minimum absolute atomic E-state index is 0.393. The van der Waals surface area contributed by atoms with Crippen molar-refractivity contribution in [2.24, 2.45) is 4.99 Å². The van der Waals surface area contributed by atoms with Crippen LogP contribution >= 0.6 is 0 Å². The van der Waals surface area contributed by atoms with Crippen molar-refractivity contribution in [2.75, 3.05) is 0 Å².